The molecule has 0 saturated carbocycles. The smallest absolute Gasteiger partial charge is 0.239 e. The van der Waals surface area contributed by atoms with Crippen molar-refractivity contribution in [2.75, 3.05) is 11.4 Å². The second-order valence-corrected chi connectivity index (χ2v) is 6.15. The Hall–Kier alpha value is -2.00. The number of hydrogen-bond donors (Lipinski definition) is 1. The highest BCUT2D eigenvalue weighted by atomic mass is 35.5. The van der Waals surface area contributed by atoms with Crippen molar-refractivity contribution in [1.82, 2.24) is 5.32 Å². The quantitative estimate of drug-likeness (QED) is 0.938. The number of carbonyl (C=O) groups is 1. The number of fused-ring (bicyclic) bond motifs is 1. The third-order valence-electron chi connectivity index (χ3n) is 4.07. The second-order valence-electron chi connectivity index (χ2n) is 5.71. The number of carbonyl (C=O) groups excluding carboxylic acids is 1. The van der Waals surface area contributed by atoms with Gasteiger partial charge in [-0.1, -0.05) is 41.9 Å². The highest BCUT2D eigenvalue weighted by Gasteiger charge is 2.26. The summed E-state index contributed by atoms with van der Waals surface area (Å²) in [4.78, 5) is 14.4. The summed E-state index contributed by atoms with van der Waals surface area (Å²) in [7, 11) is 0. The number of nitrogens with one attached hydrogen (secondary N) is 1. The van der Waals surface area contributed by atoms with Crippen molar-refractivity contribution in [3.63, 3.8) is 0 Å². The number of rotatable bonds is 4. The van der Waals surface area contributed by atoms with Gasteiger partial charge in [0.05, 0.1) is 6.54 Å². The number of halogens is 1. The van der Waals surface area contributed by atoms with E-state index in [1.54, 1.807) is 0 Å². The minimum atomic E-state index is 0.0403. The van der Waals surface area contributed by atoms with Crippen LogP contribution in [0.4, 0.5) is 5.69 Å². The summed E-state index contributed by atoms with van der Waals surface area (Å²) < 4.78 is 0. The van der Waals surface area contributed by atoms with Gasteiger partial charge in [-0.2, -0.15) is 0 Å². The molecule has 2 aromatic rings. The van der Waals surface area contributed by atoms with Gasteiger partial charge in [0.1, 0.15) is 0 Å². The molecular weight excluding hydrogens is 296 g/mol. The van der Waals surface area contributed by atoms with E-state index in [1.807, 2.05) is 30.3 Å². The van der Waals surface area contributed by atoms with Crippen molar-refractivity contribution in [1.29, 1.82) is 0 Å². The molecule has 2 aromatic carbocycles. The molecule has 1 aliphatic rings. The molecule has 1 N–H and O–H groups in total. The largest absolute Gasteiger partial charge is 0.359 e. The topological polar surface area (TPSA) is 32.3 Å². The fourth-order valence-corrected chi connectivity index (χ4v) is 3.01. The molecule has 0 radical (unpaired) electrons. The molecule has 22 heavy (non-hydrogen) atoms. The number of anilines is 1. The molecule has 0 fully saturated rings. The van der Waals surface area contributed by atoms with E-state index in [2.05, 4.69) is 35.3 Å². The maximum absolute atomic E-state index is 12.2. The van der Waals surface area contributed by atoms with Crippen LogP contribution in [0.15, 0.2) is 48.5 Å². The lowest BCUT2D eigenvalue weighted by Gasteiger charge is -2.24. The van der Waals surface area contributed by atoms with Crippen LogP contribution in [0.1, 0.15) is 18.1 Å². The fraction of sp³-hybridized carbons (Fsp3) is 0.278. The van der Waals surface area contributed by atoms with Crippen molar-refractivity contribution in [2.24, 2.45) is 0 Å². The number of hydrogen-bond acceptors (Lipinski definition) is 2. The van der Waals surface area contributed by atoms with Gasteiger partial charge in [-0.25, -0.2) is 0 Å². The van der Waals surface area contributed by atoms with Gasteiger partial charge in [0.15, 0.2) is 0 Å². The van der Waals surface area contributed by atoms with Crippen LogP contribution in [0.2, 0.25) is 5.02 Å². The van der Waals surface area contributed by atoms with Gasteiger partial charge < -0.3 is 10.2 Å². The van der Waals surface area contributed by atoms with Gasteiger partial charge in [0.25, 0.3) is 0 Å². The zero-order chi connectivity index (χ0) is 15.5. The normalized spacial score (nSPS) is 16.5. The molecule has 0 spiro atoms. The third kappa shape index (κ3) is 3.25. The van der Waals surface area contributed by atoms with Crippen LogP contribution in [-0.4, -0.2) is 18.5 Å². The Kier molecular flexibility index (Phi) is 4.34. The van der Waals surface area contributed by atoms with E-state index < -0.39 is 0 Å². The molecule has 3 nitrogen and oxygen atoms in total. The average Bonchev–Trinajstić information content (AvgIpc) is 2.83. The van der Waals surface area contributed by atoms with Crippen molar-refractivity contribution in [3.8, 4) is 0 Å². The Morgan fingerprint density at radius 1 is 1.23 bits per heavy atom. The summed E-state index contributed by atoms with van der Waals surface area (Å²) in [6, 6.07) is 16.2. The van der Waals surface area contributed by atoms with Crippen molar-refractivity contribution in [2.45, 2.75) is 25.9 Å². The van der Waals surface area contributed by atoms with Gasteiger partial charge in [-0.15, -0.1) is 0 Å². The Morgan fingerprint density at radius 3 is 2.73 bits per heavy atom. The van der Waals surface area contributed by atoms with Crippen LogP contribution in [0.5, 0.6) is 0 Å². The molecule has 0 bridgehead atoms. The molecule has 1 atom stereocenters. The number of para-hydroxylation sites is 1. The first-order chi connectivity index (χ1) is 10.6. The van der Waals surface area contributed by atoms with E-state index in [9.17, 15) is 4.79 Å². The van der Waals surface area contributed by atoms with Crippen LogP contribution in [-0.2, 0) is 17.8 Å². The van der Waals surface area contributed by atoms with Crippen LogP contribution < -0.4 is 10.2 Å². The van der Waals surface area contributed by atoms with Gasteiger partial charge in [0, 0.05) is 23.3 Å². The molecular formula is C18H19ClN2O. The summed E-state index contributed by atoms with van der Waals surface area (Å²) in [5.74, 6) is 0.0403. The molecule has 114 valence electrons. The number of benzene rings is 2. The Bertz CT molecular complexity index is 669. The highest BCUT2D eigenvalue weighted by molar-refractivity contribution is 6.30. The average molecular weight is 315 g/mol. The summed E-state index contributed by atoms with van der Waals surface area (Å²) >= 11 is 5.86. The molecule has 3 rings (SSSR count). The Balaban J connectivity index is 1.59. The van der Waals surface area contributed by atoms with Gasteiger partial charge in [0.2, 0.25) is 5.91 Å². The summed E-state index contributed by atoms with van der Waals surface area (Å²) in [6.07, 6.45) is 1.00. The van der Waals surface area contributed by atoms with Gasteiger partial charge in [-0.3, -0.25) is 4.79 Å². The zero-order valence-electron chi connectivity index (χ0n) is 12.6. The third-order valence-corrected chi connectivity index (χ3v) is 4.32. The van der Waals surface area contributed by atoms with E-state index in [-0.39, 0.29) is 5.91 Å². The first-order valence-corrected chi connectivity index (χ1v) is 7.87. The van der Waals surface area contributed by atoms with Crippen LogP contribution in [0.3, 0.4) is 0 Å². The molecule has 1 aliphatic heterocycles. The lowest BCUT2D eigenvalue weighted by atomic mass is 10.1. The lowest BCUT2D eigenvalue weighted by molar-refractivity contribution is -0.120. The van der Waals surface area contributed by atoms with E-state index in [1.165, 1.54) is 11.3 Å². The molecule has 0 saturated heterocycles. The van der Waals surface area contributed by atoms with E-state index in [0.29, 0.717) is 24.2 Å². The SMILES string of the molecule is C[C@@H]1Cc2ccccc2N1CC(=O)NCc1ccc(Cl)cc1. The second kappa shape index (κ2) is 6.41. The monoisotopic (exact) mass is 314 g/mol. The summed E-state index contributed by atoms with van der Waals surface area (Å²) in [5, 5.41) is 3.68. The first-order valence-electron chi connectivity index (χ1n) is 7.49. The molecule has 0 aliphatic carbocycles. The molecule has 1 amide bonds. The maximum Gasteiger partial charge on any atom is 0.239 e. The Morgan fingerprint density at radius 2 is 1.95 bits per heavy atom. The van der Waals surface area contributed by atoms with Gasteiger partial charge >= 0.3 is 0 Å². The minimum Gasteiger partial charge on any atom is -0.359 e. The standard InChI is InChI=1S/C18H19ClN2O/c1-13-10-15-4-2-3-5-17(15)21(13)12-18(22)20-11-14-6-8-16(19)9-7-14/h2-9,13H,10-12H2,1H3,(H,20,22)/t13-/m1/s1. The molecule has 1 heterocycles. The first kappa shape index (κ1) is 14.9. The number of amides is 1. The molecule has 0 aromatic heterocycles. The fourth-order valence-electron chi connectivity index (χ4n) is 2.88. The van der Waals surface area contributed by atoms with Crippen LogP contribution in [0, 0.1) is 0 Å². The van der Waals surface area contributed by atoms with Crippen LogP contribution >= 0.6 is 11.6 Å². The minimum absolute atomic E-state index is 0.0403. The summed E-state index contributed by atoms with van der Waals surface area (Å²) in [6.45, 7) is 3.08. The van der Waals surface area contributed by atoms with Crippen molar-refractivity contribution < 1.29 is 4.79 Å². The predicted octanol–water partition coefficient (Wildman–Crippen LogP) is 3.41. The van der Waals surface area contributed by atoms with Gasteiger partial charge in [-0.05, 0) is 42.7 Å². The predicted molar refractivity (Wildman–Crippen MR) is 90.3 cm³/mol. The van der Waals surface area contributed by atoms with E-state index >= 15 is 0 Å². The molecule has 0 unspecified atom stereocenters. The van der Waals surface area contributed by atoms with E-state index in [0.717, 1.165) is 12.0 Å². The lowest BCUT2D eigenvalue weighted by Crippen LogP contribution is -2.39. The Labute approximate surface area is 135 Å². The zero-order valence-corrected chi connectivity index (χ0v) is 13.3. The maximum atomic E-state index is 12.2. The van der Waals surface area contributed by atoms with Crippen molar-refractivity contribution >= 4 is 23.2 Å². The van der Waals surface area contributed by atoms with E-state index in [4.69, 9.17) is 11.6 Å². The molecule has 4 heteroatoms. The number of nitrogens with zero attached hydrogens (tertiary/aromatic N) is 1. The highest BCUT2D eigenvalue weighted by Crippen LogP contribution is 2.31. The summed E-state index contributed by atoms with van der Waals surface area (Å²) in [5.41, 5.74) is 3.55. The van der Waals surface area contributed by atoms with Crippen LogP contribution in [0.25, 0.3) is 0 Å². The van der Waals surface area contributed by atoms with Crippen molar-refractivity contribution in [3.05, 3.63) is 64.7 Å².